The molecule has 6 N–H and O–H groups in total. The zero-order valence-electron chi connectivity index (χ0n) is 11.9. The summed E-state index contributed by atoms with van der Waals surface area (Å²) in [6.45, 7) is 3.52. The number of nitrogens with two attached hydrogens (primary N) is 1. The van der Waals surface area contributed by atoms with Gasteiger partial charge in [0, 0.05) is 6.42 Å². The van der Waals surface area contributed by atoms with Crippen molar-refractivity contribution in [2.24, 2.45) is 11.7 Å². The fraction of sp³-hybridized carbons (Fsp3) is 0.429. The Labute approximate surface area is 122 Å². The maximum atomic E-state index is 11.8. The highest BCUT2D eigenvalue weighted by Gasteiger charge is 2.25. The maximum Gasteiger partial charge on any atom is 0.326 e. The quantitative estimate of drug-likeness (QED) is 0.476. The van der Waals surface area contributed by atoms with Crippen LogP contribution in [0.3, 0.4) is 0 Å². The van der Waals surface area contributed by atoms with Crippen LogP contribution in [0, 0.1) is 5.92 Å². The summed E-state index contributed by atoms with van der Waals surface area (Å²) in [4.78, 5) is 23.0. The first kappa shape index (κ1) is 16.8. The predicted octanol–water partition coefficient (Wildman–Crippen LogP) is 0.193. The van der Waals surface area contributed by atoms with Crippen molar-refractivity contribution in [3.8, 4) is 11.5 Å². The zero-order valence-corrected chi connectivity index (χ0v) is 11.9. The molecule has 0 aromatic heterocycles. The minimum atomic E-state index is -1.20. The third-order valence-corrected chi connectivity index (χ3v) is 3.12. The van der Waals surface area contributed by atoms with Crippen LogP contribution in [-0.2, 0) is 16.0 Å². The van der Waals surface area contributed by atoms with E-state index < -0.39 is 24.0 Å². The zero-order chi connectivity index (χ0) is 16.2. The fourth-order valence-electron chi connectivity index (χ4n) is 1.70. The Hall–Kier alpha value is -2.28. The van der Waals surface area contributed by atoms with Crippen LogP contribution in [0.25, 0.3) is 0 Å². The van der Waals surface area contributed by atoms with Gasteiger partial charge in [0.15, 0.2) is 11.5 Å². The van der Waals surface area contributed by atoms with Crippen LogP contribution >= 0.6 is 0 Å². The second-order valence-electron chi connectivity index (χ2n) is 5.20. The number of aliphatic carboxylic acids is 1. The molecule has 1 aromatic carbocycles. The van der Waals surface area contributed by atoms with Gasteiger partial charge in [0.1, 0.15) is 6.04 Å². The lowest BCUT2D eigenvalue weighted by molar-refractivity contribution is -0.142. The highest BCUT2D eigenvalue weighted by atomic mass is 16.4. The van der Waals surface area contributed by atoms with Gasteiger partial charge in [-0.3, -0.25) is 4.79 Å². The van der Waals surface area contributed by atoms with E-state index in [1.165, 1.54) is 18.2 Å². The molecule has 21 heavy (non-hydrogen) atoms. The Balaban J connectivity index is 2.81. The number of rotatable bonds is 6. The summed E-state index contributed by atoms with van der Waals surface area (Å²) in [5, 5.41) is 30.1. The first-order valence-electron chi connectivity index (χ1n) is 6.52. The number of nitrogens with one attached hydrogen (secondary N) is 1. The lowest BCUT2D eigenvalue weighted by atomic mass is 10.0. The van der Waals surface area contributed by atoms with Crippen LogP contribution in [-0.4, -0.2) is 39.3 Å². The van der Waals surface area contributed by atoms with Gasteiger partial charge in [0.05, 0.1) is 6.04 Å². The highest BCUT2D eigenvalue weighted by molar-refractivity contribution is 5.87. The van der Waals surface area contributed by atoms with E-state index in [1.807, 2.05) is 0 Å². The van der Waals surface area contributed by atoms with Gasteiger partial charge in [-0.25, -0.2) is 4.79 Å². The molecule has 0 fully saturated rings. The van der Waals surface area contributed by atoms with Gasteiger partial charge in [-0.05, 0) is 23.6 Å². The van der Waals surface area contributed by atoms with E-state index >= 15 is 0 Å². The van der Waals surface area contributed by atoms with Gasteiger partial charge < -0.3 is 26.4 Å². The maximum absolute atomic E-state index is 11.8. The molecule has 1 aromatic rings. The number of carboxylic acids is 1. The summed E-state index contributed by atoms with van der Waals surface area (Å²) >= 11 is 0. The number of hydrogen-bond acceptors (Lipinski definition) is 5. The monoisotopic (exact) mass is 296 g/mol. The normalized spacial score (nSPS) is 13.7. The minimum Gasteiger partial charge on any atom is -0.504 e. The molecule has 0 aliphatic rings. The Bertz CT molecular complexity index is 530. The molecule has 0 unspecified atom stereocenters. The van der Waals surface area contributed by atoms with Crippen LogP contribution in [0.1, 0.15) is 19.4 Å². The van der Waals surface area contributed by atoms with E-state index in [-0.39, 0.29) is 23.8 Å². The first-order chi connectivity index (χ1) is 9.72. The molecule has 7 heteroatoms. The van der Waals surface area contributed by atoms with Gasteiger partial charge >= 0.3 is 5.97 Å². The largest absolute Gasteiger partial charge is 0.504 e. The number of aromatic hydroxyl groups is 2. The van der Waals surface area contributed by atoms with Crippen LogP contribution in [0.5, 0.6) is 11.5 Å². The lowest BCUT2D eigenvalue weighted by Gasteiger charge is -2.20. The Morgan fingerprint density at radius 3 is 2.33 bits per heavy atom. The van der Waals surface area contributed by atoms with Crippen molar-refractivity contribution in [1.82, 2.24) is 5.32 Å². The van der Waals surface area contributed by atoms with E-state index in [0.29, 0.717) is 5.56 Å². The second-order valence-corrected chi connectivity index (χ2v) is 5.20. The summed E-state index contributed by atoms with van der Waals surface area (Å²) in [6.07, 6.45) is -0.0280. The molecule has 116 valence electrons. The number of phenolic OH excluding ortho intramolecular Hbond substituents is 2. The topological polar surface area (TPSA) is 133 Å². The molecule has 2 atom stereocenters. The average Bonchev–Trinajstić information content (AvgIpc) is 2.40. The van der Waals surface area contributed by atoms with Crippen LogP contribution in [0.15, 0.2) is 18.2 Å². The molecule has 0 aliphatic carbocycles. The van der Waals surface area contributed by atoms with Gasteiger partial charge in [0.25, 0.3) is 0 Å². The van der Waals surface area contributed by atoms with Crippen molar-refractivity contribution in [2.75, 3.05) is 0 Å². The van der Waals surface area contributed by atoms with Crippen molar-refractivity contribution in [2.45, 2.75) is 32.4 Å². The Kier molecular flexibility index (Phi) is 5.54. The number of carbonyl (C=O) groups excluding carboxylic acids is 1. The van der Waals surface area contributed by atoms with E-state index in [0.717, 1.165) is 0 Å². The molecular formula is C14H20N2O5. The predicted molar refractivity (Wildman–Crippen MR) is 75.9 cm³/mol. The summed E-state index contributed by atoms with van der Waals surface area (Å²) in [6, 6.07) is 2.02. The molecule has 7 nitrogen and oxygen atoms in total. The van der Waals surface area contributed by atoms with Crippen molar-refractivity contribution in [3.63, 3.8) is 0 Å². The highest BCUT2D eigenvalue weighted by Crippen LogP contribution is 2.25. The summed E-state index contributed by atoms with van der Waals surface area (Å²) < 4.78 is 0. The standard InChI is InChI=1S/C14H20N2O5/c1-7(2)12(15)13(19)16-9(14(20)21)5-8-3-4-10(17)11(18)6-8/h3-4,6-7,9,12,17-18H,5,15H2,1-2H3,(H,16,19)(H,20,21)/t9-,12-/m0/s1. The average molecular weight is 296 g/mol. The summed E-state index contributed by atoms with van der Waals surface area (Å²) in [5.74, 6) is -2.50. The van der Waals surface area contributed by atoms with Gasteiger partial charge in [-0.1, -0.05) is 19.9 Å². The lowest BCUT2D eigenvalue weighted by Crippen LogP contribution is -2.51. The molecule has 1 amide bonds. The molecular weight excluding hydrogens is 276 g/mol. The molecule has 0 aliphatic heterocycles. The number of hydrogen-bond donors (Lipinski definition) is 5. The van der Waals surface area contributed by atoms with Gasteiger partial charge in [-0.2, -0.15) is 0 Å². The first-order valence-corrected chi connectivity index (χ1v) is 6.52. The molecule has 0 spiro atoms. The molecule has 0 radical (unpaired) electrons. The summed E-state index contributed by atoms with van der Waals surface area (Å²) in [7, 11) is 0. The number of phenols is 2. The van der Waals surface area contributed by atoms with Gasteiger partial charge in [-0.15, -0.1) is 0 Å². The van der Waals surface area contributed by atoms with Crippen LogP contribution in [0.4, 0.5) is 0 Å². The minimum absolute atomic E-state index is 0.0280. The summed E-state index contributed by atoms with van der Waals surface area (Å²) in [5.41, 5.74) is 6.14. The van der Waals surface area contributed by atoms with E-state index in [4.69, 9.17) is 10.8 Å². The van der Waals surface area contributed by atoms with Crippen molar-refractivity contribution in [3.05, 3.63) is 23.8 Å². The van der Waals surface area contributed by atoms with Crippen molar-refractivity contribution >= 4 is 11.9 Å². The van der Waals surface area contributed by atoms with E-state index in [1.54, 1.807) is 13.8 Å². The smallest absolute Gasteiger partial charge is 0.326 e. The Morgan fingerprint density at radius 2 is 1.86 bits per heavy atom. The third-order valence-electron chi connectivity index (χ3n) is 3.12. The number of carbonyl (C=O) groups is 2. The van der Waals surface area contributed by atoms with Gasteiger partial charge in [0.2, 0.25) is 5.91 Å². The second kappa shape index (κ2) is 6.94. The van der Waals surface area contributed by atoms with Crippen molar-refractivity contribution < 1.29 is 24.9 Å². The van der Waals surface area contributed by atoms with E-state index in [9.17, 15) is 19.8 Å². The number of benzene rings is 1. The molecule has 0 bridgehead atoms. The molecule has 0 heterocycles. The molecule has 1 rings (SSSR count). The van der Waals surface area contributed by atoms with Crippen LogP contribution < -0.4 is 11.1 Å². The van der Waals surface area contributed by atoms with Crippen LogP contribution in [0.2, 0.25) is 0 Å². The third kappa shape index (κ3) is 4.64. The SMILES string of the molecule is CC(C)[C@H](N)C(=O)N[C@@H](Cc1ccc(O)c(O)c1)C(=O)O. The Morgan fingerprint density at radius 1 is 1.24 bits per heavy atom. The molecule has 0 saturated carbocycles. The van der Waals surface area contributed by atoms with Crippen molar-refractivity contribution in [1.29, 1.82) is 0 Å². The van der Waals surface area contributed by atoms with E-state index in [2.05, 4.69) is 5.32 Å². The number of amides is 1. The molecule has 0 saturated heterocycles. The fourth-order valence-corrected chi connectivity index (χ4v) is 1.70. The number of carboxylic acid groups (broad SMARTS) is 1.